The van der Waals surface area contributed by atoms with E-state index in [4.69, 9.17) is 17.3 Å². The van der Waals surface area contributed by atoms with Crippen molar-refractivity contribution in [1.82, 2.24) is 14.9 Å². The van der Waals surface area contributed by atoms with Gasteiger partial charge in [-0.2, -0.15) is 0 Å². The maximum Gasteiger partial charge on any atom is 0.244 e. The SMILES string of the molecule is NC(=O)[C@@]1(c2cnccn2)CCCN1Cc1ccccc1Cl. The Labute approximate surface area is 134 Å². The number of aromatic nitrogens is 2. The third kappa shape index (κ3) is 2.46. The molecule has 5 nitrogen and oxygen atoms in total. The maximum atomic E-state index is 12.3. The van der Waals surface area contributed by atoms with Crippen molar-refractivity contribution in [3.8, 4) is 0 Å². The van der Waals surface area contributed by atoms with Crippen LogP contribution in [0.25, 0.3) is 0 Å². The molecule has 0 aliphatic carbocycles. The van der Waals surface area contributed by atoms with Crippen LogP contribution in [0, 0.1) is 0 Å². The van der Waals surface area contributed by atoms with Crippen LogP contribution >= 0.6 is 11.6 Å². The van der Waals surface area contributed by atoms with E-state index in [1.165, 1.54) is 0 Å². The predicted octanol–water partition coefficient (Wildman–Crippen LogP) is 2.11. The second-order valence-electron chi connectivity index (χ2n) is 5.43. The Morgan fingerprint density at radius 3 is 2.86 bits per heavy atom. The normalized spacial score (nSPS) is 21.9. The first-order chi connectivity index (χ1) is 10.6. The average Bonchev–Trinajstić information content (AvgIpc) is 2.95. The summed E-state index contributed by atoms with van der Waals surface area (Å²) in [6, 6.07) is 7.63. The molecule has 6 heteroatoms. The van der Waals surface area contributed by atoms with Gasteiger partial charge in [0.25, 0.3) is 0 Å². The van der Waals surface area contributed by atoms with E-state index in [-0.39, 0.29) is 0 Å². The number of amides is 1. The van der Waals surface area contributed by atoms with E-state index in [2.05, 4.69) is 14.9 Å². The molecule has 0 radical (unpaired) electrons. The van der Waals surface area contributed by atoms with Gasteiger partial charge in [-0.1, -0.05) is 29.8 Å². The van der Waals surface area contributed by atoms with Crippen molar-refractivity contribution in [2.45, 2.75) is 24.9 Å². The monoisotopic (exact) mass is 316 g/mol. The Morgan fingerprint density at radius 2 is 2.18 bits per heavy atom. The Bertz CT molecular complexity index is 679. The summed E-state index contributed by atoms with van der Waals surface area (Å²) in [5, 5.41) is 0.687. The van der Waals surface area contributed by atoms with Crippen molar-refractivity contribution in [2.75, 3.05) is 6.54 Å². The first kappa shape index (κ1) is 14.9. The lowest BCUT2D eigenvalue weighted by molar-refractivity contribution is -0.129. The lowest BCUT2D eigenvalue weighted by Gasteiger charge is -2.35. The molecule has 1 amide bonds. The minimum Gasteiger partial charge on any atom is -0.368 e. The van der Waals surface area contributed by atoms with Crippen LogP contribution in [0.3, 0.4) is 0 Å². The first-order valence-electron chi connectivity index (χ1n) is 7.19. The lowest BCUT2D eigenvalue weighted by Crippen LogP contribution is -2.51. The Balaban J connectivity index is 1.99. The Kier molecular flexibility index (Phi) is 4.09. The molecule has 2 heterocycles. The molecule has 1 aliphatic rings. The van der Waals surface area contributed by atoms with Crippen LogP contribution in [-0.2, 0) is 16.9 Å². The van der Waals surface area contributed by atoms with Crippen molar-refractivity contribution < 1.29 is 4.79 Å². The fourth-order valence-corrected chi connectivity index (χ4v) is 3.32. The van der Waals surface area contributed by atoms with Gasteiger partial charge in [0.15, 0.2) is 0 Å². The van der Waals surface area contributed by atoms with Crippen LogP contribution in [0.2, 0.25) is 5.02 Å². The molecule has 0 bridgehead atoms. The predicted molar refractivity (Wildman–Crippen MR) is 84.0 cm³/mol. The van der Waals surface area contributed by atoms with Crippen molar-refractivity contribution in [1.29, 1.82) is 0 Å². The lowest BCUT2D eigenvalue weighted by atomic mass is 9.91. The summed E-state index contributed by atoms with van der Waals surface area (Å²) in [7, 11) is 0. The zero-order valence-electron chi connectivity index (χ0n) is 12.1. The molecule has 2 N–H and O–H groups in total. The van der Waals surface area contributed by atoms with Crippen LogP contribution in [0.5, 0.6) is 0 Å². The molecule has 22 heavy (non-hydrogen) atoms. The third-order valence-corrected chi connectivity index (χ3v) is 4.59. The molecule has 1 fully saturated rings. The summed E-state index contributed by atoms with van der Waals surface area (Å²) in [6.07, 6.45) is 6.32. The summed E-state index contributed by atoms with van der Waals surface area (Å²) in [6.45, 7) is 1.32. The van der Waals surface area contributed by atoms with Gasteiger partial charge in [0, 0.05) is 24.0 Å². The molecule has 1 saturated heterocycles. The van der Waals surface area contributed by atoms with E-state index in [1.54, 1.807) is 18.6 Å². The third-order valence-electron chi connectivity index (χ3n) is 4.22. The van der Waals surface area contributed by atoms with Crippen molar-refractivity contribution >= 4 is 17.5 Å². The summed E-state index contributed by atoms with van der Waals surface area (Å²) >= 11 is 6.25. The highest BCUT2D eigenvalue weighted by Crippen LogP contribution is 2.39. The van der Waals surface area contributed by atoms with Gasteiger partial charge >= 0.3 is 0 Å². The number of halogens is 1. The van der Waals surface area contributed by atoms with Crippen LogP contribution in [0.1, 0.15) is 24.1 Å². The van der Waals surface area contributed by atoms with Gasteiger partial charge in [0.2, 0.25) is 5.91 Å². The second kappa shape index (κ2) is 6.02. The maximum absolute atomic E-state index is 12.3. The van der Waals surface area contributed by atoms with Gasteiger partial charge in [-0.05, 0) is 31.0 Å². The number of benzene rings is 1. The van der Waals surface area contributed by atoms with Crippen LogP contribution in [0.15, 0.2) is 42.9 Å². The van der Waals surface area contributed by atoms with Gasteiger partial charge < -0.3 is 5.73 Å². The number of primary amides is 1. The molecular weight excluding hydrogens is 300 g/mol. The van der Waals surface area contributed by atoms with E-state index in [0.717, 1.165) is 18.5 Å². The number of carbonyl (C=O) groups excluding carboxylic acids is 1. The fraction of sp³-hybridized carbons (Fsp3) is 0.312. The molecular formula is C16H17ClN4O. The smallest absolute Gasteiger partial charge is 0.244 e. The van der Waals surface area contributed by atoms with Crippen LogP contribution < -0.4 is 5.73 Å². The zero-order valence-corrected chi connectivity index (χ0v) is 12.8. The molecule has 0 saturated carbocycles. The van der Waals surface area contributed by atoms with E-state index in [0.29, 0.717) is 23.7 Å². The summed E-state index contributed by atoms with van der Waals surface area (Å²) in [5.41, 5.74) is 6.43. The van der Waals surface area contributed by atoms with E-state index in [1.807, 2.05) is 24.3 Å². The highest BCUT2D eigenvalue weighted by molar-refractivity contribution is 6.31. The van der Waals surface area contributed by atoms with Gasteiger partial charge in [0.1, 0.15) is 5.54 Å². The number of nitrogens with zero attached hydrogens (tertiary/aromatic N) is 3. The van der Waals surface area contributed by atoms with Crippen LogP contribution in [0.4, 0.5) is 0 Å². The quantitative estimate of drug-likeness (QED) is 0.937. The molecule has 2 aromatic rings. The van der Waals surface area contributed by atoms with Gasteiger partial charge in [0.05, 0.1) is 11.9 Å². The number of likely N-dealkylation sites (tertiary alicyclic amines) is 1. The zero-order chi connectivity index (χ0) is 15.6. The number of hydrogen-bond acceptors (Lipinski definition) is 4. The summed E-state index contributed by atoms with van der Waals surface area (Å²) in [5.74, 6) is -0.391. The molecule has 0 unspecified atom stereocenters. The Hall–Kier alpha value is -1.98. The van der Waals surface area contributed by atoms with Crippen LogP contribution in [-0.4, -0.2) is 27.3 Å². The number of hydrogen-bond donors (Lipinski definition) is 1. The molecule has 1 aliphatic heterocycles. The molecule has 1 aromatic carbocycles. The van der Waals surface area contributed by atoms with E-state index in [9.17, 15) is 4.79 Å². The standard InChI is InChI=1S/C16H17ClN4O/c17-13-5-2-1-4-12(13)11-21-9-3-6-16(21,15(18)22)14-10-19-7-8-20-14/h1-2,4-5,7-8,10H,3,6,9,11H2,(H2,18,22)/t16-/m0/s1. The molecule has 1 aromatic heterocycles. The highest BCUT2D eigenvalue weighted by atomic mass is 35.5. The van der Waals surface area contributed by atoms with Gasteiger partial charge in [-0.3, -0.25) is 19.7 Å². The van der Waals surface area contributed by atoms with Crippen molar-refractivity contribution in [2.24, 2.45) is 5.73 Å². The van der Waals surface area contributed by atoms with E-state index < -0.39 is 11.4 Å². The minimum absolute atomic E-state index is 0.391. The summed E-state index contributed by atoms with van der Waals surface area (Å²) in [4.78, 5) is 22.8. The van der Waals surface area contributed by atoms with E-state index >= 15 is 0 Å². The minimum atomic E-state index is -0.909. The molecule has 1 atom stereocenters. The van der Waals surface area contributed by atoms with Crippen molar-refractivity contribution in [3.05, 3.63) is 59.1 Å². The molecule has 3 rings (SSSR count). The summed E-state index contributed by atoms with van der Waals surface area (Å²) < 4.78 is 0. The van der Waals surface area contributed by atoms with Gasteiger partial charge in [-0.15, -0.1) is 0 Å². The Morgan fingerprint density at radius 1 is 1.36 bits per heavy atom. The topological polar surface area (TPSA) is 72.1 Å². The number of rotatable bonds is 4. The fourth-order valence-electron chi connectivity index (χ4n) is 3.13. The number of carbonyl (C=O) groups is 1. The molecule has 114 valence electrons. The second-order valence-corrected chi connectivity index (χ2v) is 5.84. The number of nitrogens with two attached hydrogens (primary N) is 1. The molecule has 0 spiro atoms. The largest absolute Gasteiger partial charge is 0.368 e. The van der Waals surface area contributed by atoms with Crippen molar-refractivity contribution in [3.63, 3.8) is 0 Å². The highest BCUT2D eigenvalue weighted by Gasteiger charge is 2.49. The first-order valence-corrected chi connectivity index (χ1v) is 7.57. The average molecular weight is 317 g/mol. The van der Waals surface area contributed by atoms with Gasteiger partial charge in [-0.25, -0.2) is 0 Å².